The summed E-state index contributed by atoms with van der Waals surface area (Å²) < 4.78 is 7.41. The van der Waals surface area contributed by atoms with Gasteiger partial charge >= 0.3 is 0 Å². The standard InChI is InChI=1S/C19H23N5O3S/c1-12-2-4-13(5-3-12)8-28-11-23-17-16-18(21-9-20-17)24(10-22-16)19-15(26)6-14(7-25)27-19/h2-5,9-10,14-15,19,25-26H,6-8,11H2,1H3,(H,20,21,23)/t14-,15+,19+/m0/s1. The van der Waals surface area contributed by atoms with Gasteiger partial charge in [0.05, 0.1) is 24.9 Å². The van der Waals surface area contributed by atoms with Crippen molar-refractivity contribution in [2.24, 2.45) is 0 Å². The number of hydrogen-bond donors (Lipinski definition) is 3. The molecule has 2 aromatic heterocycles. The molecule has 3 aromatic rings. The normalized spacial score (nSPS) is 22.0. The number of rotatable bonds is 7. The predicted octanol–water partition coefficient (Wildman–Crippen LogP) is 2.08. The molecule has 1 aliphatic heterocycles. The Morgan fingerprint density at radius 1 is 1.25 bits per heavy atom. The van der Waals surface area contributed by atoms with Gasteiger partial charge < -0.3 is 20.3 Å². The summed E-state index contributed by atoms with van der Waals surface area (Å²) in [4.78, 5) is 13.0. The number of aliphatic hydroxyl groups is 2. The van der Waals surface area contributed by atoms with E-state index in [1.165, 1.54) is 17.5 Å². The molecule has 1 aromatic carbocycles. The molecular formula is C19H23N5O3S. The van der Waals surface area contributed by atoms with Crippen LogP contribution in [0.2, 0.25) is 0 Å². The summed E-state index contributed by atoms with van der Waals surface area (Å²) in [6.07, 6.45) is 1.74. The van der Waals surface area contributed by atoms with Gasteiger partial charge in [0.1, 0.15) is 12.4 Å². The van der Waals surface area contributed by atoms with Crippen LogP contribution >= 0.6 is 11.8 Å². The molecule has 0 spiro atoms. The lowest BCUT2D eigenvalue weighted by atomic mass is 10.2. The van der Waals surface area contributed by atoms with Gasteiger partial charge in [-0.15, -0.1) is 11.8 Å². The number of benzene rings is 1. The van der Waals surface area contributed by atoms with Gasteiger partial charge in [-0.2, -0.15) is 0 Å². The third-order valence-electron chi connectivity index (χ3n) is 4.73. The molecule has 28 heavy (non-hydrogen) atoms. The number of nitrogens with one attached hydrogen (secondary N) is 1. The van der Waals surface area contributed by atoms with Gasteiger partial charge in [-0.3, -0.25) is 4.57 Å². The number of imidazole rings is 1. The maximum atomic E-state index is 10.2. The fourth-order valence-corrected chi connectivity index (χ4v) is 4.01. The SMILES string of the molecule is Cc1ccc(CSCNc2ncnc3c2ncn3[C@@H]2O[C@H](CO)C[C@H]2O)cc1. The van der Waals surface area contributed by atoms with Gasteiger partial charge in [0.15, 0.2) is 23.2 Å². The first-order valence-electron chi connectivity index (χ1n) is 9.15. The van der Waals surface area contributed by atoms with E-state index in [1.807, 2.05) is 0 Å². The highest BCUT2D eigenvalue weighted by atomic mass is 32.2. The summed E-state index contributed by atoms with van der Waals surface area (Å²) in [6.45, 7) is 1.96. The molecule has 0 amide bonds. The number of fused-ring (bicyclic) bond motifs is 1. The lowest BCUT2D eigenvalue weighted by Gasteiger charge is -2.16. The average Bonchev–Trinajstić information content (AvgIpc) is 3.30. The molecule has 0 saturated carbocycles. The second kappa shape index (κ2) is 8.44. The molecule has 3 heterocycles. The van der Waals surface area contributed by atoms with Crippen LogP contribution in [0.25, 0.3) is 11.2 Å². The van der Waals surface area contributed by atoms with E-state index in [2.05, 4.69) is 51.5 Å². The predicted molar refractivity (Wildman–Crippen MR) is 108 cm³/mol. The van der Waals surface area contributed by atoms with E-state index in [1.54, 1.807) is 22.7 Å². The second-order valence-electron chi connectivity index (χ2n) is 6.84. The first-order valence-corrected chi connectivity index (χ1v) is 10.3. The smallest absolute Gasteiger partial charge is 0.167 e. The van der Waals surface area contributed by atoms with Crippen molar-refractivity contribution in [1.82, 2.24) is 19.5 Å². The fourth-order valence-electron chi connectivity index (χ4n) is 3.24. The van der Waals surface area contributed by atoms with Crippen molar-refractivity contribution in [2.75, 3.05) is 17.8 Å². The molecule has 8 nitrogen and oxygen atoms in total. The summed E-state index contributed by atoms with van der Waals surface area (Å²) in [7, 11) is 0. The van der Waals surface area contributed by atoms with Crippen molar-refractivity contribution in [3.8, 4) is 0 Å². The van der Waals surface area contributed by atoms with Crippen molar-refractivity contribution in [3.63, 3.8) is 0 Å². The van der Waals surface area contributed by atoms with Crippen LogP contribution in [-0.4, -0.2) is 54.4 Å². The Morgan fingerprint density at radius 2 is 2.07 bits per heavy atom. The summed E-state index contributed by atoms with van der Waals surface area (Å²) in [5.41, 5.74) is 3.75. The molecule has 0 bridgehead atoms. The third-order valence-corrected chi connectivity index (χ3v) is 5.62. The Labute approximate surface area is 167 Å². The fraction of sp³-hybridized carbons (Fsp3) is 0.421. The molecule has 9 heteroatoms. The average molecular weight is 401 g/mol. The van der Waals surface area contributed by atoms with Gasteiger partial charge in [-0.1, -0.05) is 29.8 Å². The van der Waals surface area contributed by atoms with Gasteiger partial charge in [0.25, 0.3) is 0 Å². The van der Waals surface area contributed by atoms with Crippen LogP contribution in [0.3, 0.4) is 0 Å². The van der Waals surface area contributed by atoms with E-state index in [-0.39, 0.29) is 12.7 Å². The molecular weight excluding hydrogens is 378 g/mol. The molecule has 3 atom stereocenters. The number of nitrogens with zero attached hydrogens (tertiary/aromatic N) is 4. The van der Waals surface area contributed by atoms with Crippen LogP contribution in [0.15, 0.2) is 36.9 Å². The topological polar surface area (TPSA) is 105 Å². The zero-order valence-corrected chi connectivity index (χ0v) is 16.3. The molecule has 3 N–H and O–H groups in total. The van der Waals surface area contributed by atoms with Crippen LogP contribution < -0.4 is 5.32 Å². The minimum absolute atomic E-state index is 0.125. The largest absolute Gasteiger partial charge is 0.394 e. The third kappa shape index (κ3) is 3.97. The van der Waals surface area contributed by atoms with E-state index < -0.39 is 12.3 Å². The van der Waals surface area contributed by atoms with Crippen LogP contribution in [0, 0.1) is 6.92 Å². The maximum Gasteiger partial charge on any atom is 0.167 e. The Hall–Kier alpha value is -2.20. The number of hydrogen-bond acceptors (Lipinski definition) is 8. The molecule has 4 rings (SSSR count). The Morgan fingerprint density at radius 3 is 2.82 bits per heavy atom. The molecule has 148 valence electrons. The van der Waals surface area contributed by atoms with Crippen molar-refractivity contribution < 1.29 is 14.9 Å². The lowest BCUT2D eigenvalue weighted by molar-refractivity contribution is -0.0486. The minimum atomic E-state index is -0.717. The van der Waals surface area contributed by atoms with E-state index >= 15 is 0 Å². The number of aryl methyl sites for hydroxylation is 1. The highest BCUT2D eigenvalue weighted by Gasteiger charge is 2.35. The lowest BCUT2D eigenvalue weighted by Crippen LogP contribution is -2.19. The number of thioether (sulfide) groups is 1. The van der Waals surface area contributed by atoms with Gasteiger partial charge in [0.2, 0.25) is 0 Å². The van der Waals surface area contributed by atoms with Crippen LogP contribution in [0.4, 0.5) is 5.82 Å². The highest BCUT2D eigenvalue weighted by molar-refractivity contribution is 7.98. The van der Waals surface area contributed by atoms with E-state index in [9.17, 15) is 10.2 Å². The van der Waals surface area contributed by atoms with E-state index in [0.717, 1.165) is 5.75 Å². The van der Waals surface area contributed by atoms with Gasteiger partial charge in [0, 0.05) is 12.2 Å². The van der Waals surface area contributed by atoms with Crippen molar-refractivity contribution in [3.05, 3.63) is 48.0 Å². The van der Waals surface area contributed by atoms with E-state index in [4.69, 9.17) is 4.74 Å². The minimum Gasteiger partial charge on any atom is -0.394 e. The second-order valence-corrected chi connectivity index (χ2v) is 7.82. The van der Waals surface area contributed by atoms with Crippen LogP contribution in [-0.2, 0) is 10.5 Å². The zero-order chi connectivity index (χ0) is 19.5. The van der Waals surface area contributed by atoms with Crippen molar-refractivity contribution in [2.45, 2.75) is 37.5 Å². The Balaban J connectivity index is 1.42. The highest BCUT2D eigenvalue weighted by Crippen LogP contribution is 2.31. The first-order chi connectivity index (χ1) is 13.7. The molecule has 0 unspecified atom stereocenters. The number of aliphatic hydroxyl groups excluding tert-OH is 2. The molecule has 1 saturated heterocycles. The van der Waals surface area contributed by atoms with Crippen LogP contribution in [0.1, 0.15) is 23.8 Å². The molecule has 1 fully saturated rings. The van der Waals surface area contributed by atoms with Crippen molar-refractivity contribution in [1.29, 1.82) is 0 Å². The molecule has 0 aliphatic carbocycles. The molecule has 1 aliphatic rings. The van der Waals surface area contributed by atoms with Gasteiger partial charge in [-0.05, 0) is 12.5 Å². The zero-order valence-electron chi connectivity index (χ0n) is 15.5. The number of anilines is 1. The van der Waals surface area contributed by atoms with Crippen molar-refractivity contribution >= 4 is 28.7 Å². The Kier molecular flexibility index (Phi) is 5.77. The van der Waals surface area contributed by atoms with E-state index in [0.29, 0.717) is 29.3 Å². The summed E-state index contributed by atoms with van der Waals surface area (Å²) in [5, 5.41) is 22.8. The first kappa shape index (κ1) is 19.1. The quantitative estimate of drug-likeness (QED) is 0.408. The summed E-state index contributed by atoms with van der Waals surface area (Å²) in [6, 6.07) is 8.51. The summed E-state index contributed by atoms with van der Waals surface area (Å²) >= 11 is 1.75. The van der Waals surface area contributed by atoms with Gasteiger partial charge in [-0.25, -0.2) is 15.0 Å². The Bertz CT molecular complexity index is 933. The maximum absolute atomic E-state index is 10.2. The monoisotopic (exact) mass is 401 g/mol. The molecule has 0 radical (unpaired) electrons. The number of ether oxygens (including phenoxy) is 1. The summed E-state index contributed by atoms with van der Waals surface area (Å²) in [5.74, 6) is 2.23. The number of aromatic nitrogens is 4. The van der Waals surface area contributed by atoms with Crippen LogP contribution in [0.5, 0.6) is 0 Å².